The summed E-state index contributed by atoms with van der Waals surface area (Å²) >= 11 is 0. The lowest BCUT2D eigenvalue weighted by atomic mass is 10.1. The summed E-state index contributed by atoms with van der Waals surface area (Å²) in [6, 6.07) is 9.66. The van der Waals surface area contributed by atoms with Gasteiger partial charge in [-0.2, -0.15) is 5.26 Å². The number of amides is 1. The molecule has 1 atom stereocenters. The Kier molecular flexibility index (Phi) is 6.66. The maximum Gasteiger partial charge on any atom is 0.379 e. The molecule has 1 saturated heterocycles. The highest BCUT2D eigenvalue weighted by Crippen LogP contribution is 2.29. The average Bonchev–Trinajstić information content (AvgIpc) is 3.45. The van der Waals surface area contributed by atoms with Crippen LogP contribution in [0.15, 0.2) is 46.6 Å². The lowest BCUT2D eigenvalue weighted by molar-refractivity contribution is -0.117. The van der Waals surface area contributed by atoms with Crippen LogP contribution in [0, 0.1) is 11.3 Å². The Labute approximate surface area is 167 Å². The standard InChI is InChI=1S/C21H20N2O6/c1-26-19-11-14(6-7-17(19)29-21(25)18-5-3-9-28-18)10-15(12-22)20(24)23-13-16-4-2-8-27-16/h3,5-7,9-11,16H,2,4,8,13H2,1H3,(H,23,24)/b15-10+. The van der Waals surface area contributed by atoms with Crippen LogP contribution in [0.3, 0.4) is 0 Å². The minimum absolute atomic E-state index is 0.0119. The SMILES string of the molecule is COc1cc(/C=C(\C#N)C(=O)NCC2CCCO2)ccc1OC(=O)c1ccco1. The van der Waals surface area contributed by atoms with E-state index in [1.54, 1.807) is 18.2 Å². The second-order valence-electron chi connectivity index (χ2n) is 6.29. The minimum atomic E-state index is -0.664. The van der Waals surface area contributed by atoms with E-state index in [1.165, 1.54) is 31.6 Å². The normalized spacial score (nSPS) is 16.1. The number of nitrogens with one attached hydrogen (secondary N) is 1. The van der Waals surface area contributed by atoms with Gasteiger partial charge in [-0.05, 0) is 48.7 Å². The number of nitriles is 1. The number of hydrogen-bond donors (Lipinski definition) is 1. The van der Waals surface area contributed by atoms with E-state index in [1.807, 2.05) is 6.07 Å². The number of ether oxygens (including phenoxy) is 3. The quantitative estimate of drug-likeness (QED) is 0.331. The van der Waals surface area contributed by atoms with Gasteiger partial charge in [-0.3, -0.25) is 4.79 Å². The number of carbonyl (C=O) groups is 2. The van der Waals surface area contributed by atoms with Crippen LogP contribution in [0.25, 0.3) is 6.08 Å². The van der Waals surface area contributed by atoms with Gasteiger partial charge in [-0.15, -0.1) is 0 Å². The van der Waals surface area contributed by atoms with Crippen LogP contribution in [0.1, 0.15) is 29.0 Å². The van der Waals surface area contributed by atoms with Crippen molar-refractivity contribution in [3.05, 3.63) is 53.5 Å². The van der Waals surface area contributed by atoms with Gasteiger partial charge in [0.2, 0.25) is 5.76 Å². The van der Waals surface area contributed by atoms with Gasteiger partial charge < -0.3 is 23.9 Å². The predicted molar refractivity (Wildman–Crippen MR) is 102 cm³/mol. The maximum absolute atomic E-state index is 12.3. The van der Waals surface area contributed by atoms with Gasteiger partial charge >= 0.3 is 5.97 Å². The number of rotatable bonds is 7. The number of esters is 1. The van der Waals surface area contributed by atoms with Crippen LogP contribution in [-0.4, -0.2) is 38.2 Å². The fourth-order valence-corrected chi connectivity index (χ4v) is 2.83. The molecule has 0 aliphatic carbocycles. The summed E-state index contributed by atoms with van der Waals surface area (Å²) in [7, 11) is 1.42. The van der Waals surface area contributed by atoms with Crippen molar-refractivity contribution in [2.24, 2.45) is 0 Å². The van der Waals surface area contributed by atoms with Gasteiger partial charge in [0.15, 0.2) is 11.5 Å². The summed E-state index contributed by atoms with van der Waals surface area (Å²) < 4.78 is 21.0. The summed E-state index contributed by atoms with van der Waals surface area (Å²) in [6.07, 6.45) is 4.65. The zero-order valence-electron chi connectivity index (χ0n) is 15.8. The second kappa shape index (κ2) is 9.57. The first-order chi connectivity index (χ1) is 14.1. The van der Waals surface area contributed by atoms with Crippen LogP contribution in [-0.2, 0) is 9.53 Å². The number of furan rings is 1. The first-order valence-electron chi connectivity index (χ1n) is 9.06. The number of benzene rings is 1. The maximum atomic E-state index is 12.3. The highest BCUT2D eigenvalue weighted by Gasteiger charge is 2.18. The molecule has 1 amide bonds. The molecule has 3 rings (SSSR count). The topological polar surface area (TPSA) is 111 Å². The molecule has 8 heteroatoms. The van der Waals surface area contributed by atoms with Crippen molar-refractivity contribution in [3.63, 3.8) is 0 Å². The van der Waals surface area contributed by atoms with Gasteiger partial charge in [0, 0.05) is 13.2 Å². The Hall–Kier alpha value is -3.57. The predicted octanol–water partition coefficient (Wildman–Crippen LogP) is 2.71. The molecule has 1 N–H and O–H groups in total. The summed E-state index contributed by atoms with van der Waals surface area (Å²) in [4.78, 5) is 24.3. The van der Waals surface area contributed by atoms with Gasteiger partial charge in [0.05, 0.1) is 19.5 Å². The van der Waals surface area contributed by atoms with Crippen LogP contribution in [0.4, 0.5) is 0 Å². The monoisotopic (exact) mass is 396 g/mol. The summed E-state index contributed by atoms with van der Waals surface area (Å²) in [5.74, 6) is -0.619. The van der Waals surface area contributed by atoms with Crippen LogP contribution in [0.5, 0.6) is 11.5 Å². The Morgan fingerprint density at radius 2 is 2.21 bits per heavy atom. The molecule has 2 heterocycles. The molecular weight excluding hydrogens is 376 g/mol. The first kappa shape index (κ1) is 20.2. The fourth-order valence-electron chi connectivity index (χ4n) is 2.83. The summed E-state index contributed by atoms with van der Waals surface area (Å²) in [5.41, 5.74) is 0.494. The highest BCUT2D eigenvalue weighted by atomic mass is 16.6. The van der Waals surface area contributed by atoms with E-state index in [9.17, 15) is 14.9 Å². The van der Waals surface area contributed by atoms with Crippen molar-refractivity contribution >= 4 is 18.0 Å². The lowest BCUT2D eigenvalue weighted by Crippen LogP contribution is -2.32. The Morgan fingerprint density at radius 3 is 2.86 bits per heavy atom. The molecule has 1 fully saturated rings. The van der Waals surface area contributed by atoms with Gasteiger partial charge in [-0.1, -0.05) is 6.07 Å². The number of methoxy groups -OCH3 is 1. The van der Waals surface area contributed by atoms with Crippen molar-refractivity contribution in [2.45, 2.75) is 18.9 Å². The Morgan fingerprint density at radius 1 is 1.34 bits per heavy atom. The number of carbonyl (C=O) groups excluding carboxylic acids is 2. The molecule has 1 aromatic heterocycles. The molecule has 8 nitrogen and oxygen atoms in total. The highest BCUT2D eigenvalue weighted by molar-refractivity contribution is 6.01. The van der Waals surface area contributed by atoms with Crippen molar-refractivity contribution in [3.8, 4) is 17.6 Å². The van der Waals surface area contributed by atoms with Gasteiger partial charge in [0.25, 0.3) is 5.91 Å². The lowest BCUT2D eigenvalue weighted by Gasteiger charge is -2.11. The molecule has 1 aliphatic rings. The van der Waals surface area contributed by atoms with Gasteiger partial charge in [-0.25, -0.2) is 4.79 Å². The van der Waals surface area contributed by atoms with Crippen LogP contribution >= 0.6 is 0 Å². The minimum Gasteiger partial charge on any atom is -0.493 e. The van der Waals surface area contributed by atoms with Crippen LogP contribution in [0.2, 0.25) is 0 Å². The second-order valence-corrected chi connectivity index (χ2v) is 6.29. The number of hydrogen-bond acceptors (Lipinski definition) is 7. The van der Waals surface area contributed by atoms with E-state index in [0.717, 1.165) is 12.8 Å². The largest absolute Gasteiger partial charge is 0.493 e. The van der Waals surface area contributed by atoms with E-state index in [0.29, 0.717) is 18.7 Å². The number of nitrogens with zero attached hydrogens (tertiary/aromatic N) is 1. The van der Waals surface area contributed by atoms with E-state index in [-0.39, 0.29) is 28.9 Å². The molecule has 29 heavy (non-hydrogen) atoms. The summed E-state index contributed by atoms with van der Waals surface area (Å²) in [6.45, 7) is 1.06. The van der Waals surface area contributed by atoms with Crippen molar-refractivity contribution in [1.82, 2.24) is 5.32 Å². The molecule has 2 aromatic rings. The first-order valence-corrected chi connectivity index (χ1v) is 9.06. The van der Waals surface area contributed by atoms with Crippen molar-refractivity contribution in [1.29, 1.82) is 5.26 Å². The zero-order valence-corrected chi connectivity index (χ0v) is 15.8. The molecule has 0 radical (unpaired) electrons. The smallest absolute Gasteiger partial charge is 0.379 e. The van der Waals surface area contributed by atoms with Crippen LogP contribution < -0.4 is 14.8 Å². The molecule has 150 valence electrons. The van der Waals surface area contributed by atoms with E-state index >= 15 is 0 Å². The zero-order chi connectivity index (χ0) is 20.6. The van der Waals surface area contributed by atoms with E-state index in [2.05, 4.69) is 5.32 Å². The molecule has 1 aliphatic heterocycles. The average molecular weight is 396 g/mol. The Balaban J connectivity index is 1.70. The van der Waals surface area contributed by atoms with Gasteiger partial charge in [0.1, 0.15) is 11.6 Å². The molecule has 0 bridgehead atoms. The molecule has 1 aromatic carbocycles. The third-order valence-electron chi connectivity index (χ3n) is 4.30. The molecular formula is C21H20N2O6. The third kappa shape index (κ3) is 5.24. The van der Waals surface area contributed by atoms with E-state index < -0.39 is 11.9 Å². The Bertz CT molecular complexity index is 937. The van der Waals surface area contributed by atoms with Crippen molar-refractivity contribution in [2.75, 3.05) is 20.3 Å². The third-order valence-corrected chi connectivity index (χ3v) is 4.30. The summed E-state index contributed by atoms with van der Waals surface area (Å²) in [5, 5.41) is 12.0. The fraction of sp³-hybridized carbons (Fsp3) is 0.286. The molecule has 1 unspecified atom stereocenters. The van der Waals surface area contributed by atoms with Crippen molar-refractivity contribution < 1.29 is 28.2 Å². The van der Waals surface area contributed by atoms with E-state index in [4.69, 9.17) is 18.6 Å². The molecule has 0 saturated carbocycles. The molecule has 0 spiro atoms.